The van der Waals surface area contributed by atoms with Crippen molar-refractivity contribution in [3.05, 3.63) is 40.5 Å². The molecule has 3 aromatic rings. The number of benzene rings is 1. The maximum Gasteiger partial charge on any atom is 0.128 e. The number of nitrogens with zero attached hydrogens (tertiary/aromatic N) is 3. The molecule has 0 radical (unpaired) electrons. The molecular formula is C19H20ClN3S2. The van der Waals surface area contributed by atoms with Crippen molar-refractivity contribution in [1.82, 2.24) is 14.9 Å². The van der Waals surface area contributed by atoms with Gasteiger partial charge < -0.3 is 4.90 Å². The van der Waals surface area contributed by atoms with Crippen LogP contribution in [-0.4, -0.2) is 40.3 Å². The molecule has 25 heavy (non-hydrogen) atoms. The molecule has 0 spiro atoms. The van der Waals surface area contributed by atoms with E-state index in [1.807, 2.05) is 30.8 Å². The molecule has 1 aliphatic heterocycles. The van der Waals surface area contributed by atoms with Crippen LogP contribution in [0.25, 0.3) is 21.3 Å². The quantitative estimate of drug-likeness (QED) is 0.552. The molecule has 4 rings (SSSR count). The van der Waals surface area contributed by atoms with Crippen LogP contribution in [0, 0.1) is 6.92 Å². The molecular weight excluding hydrogens is 370 g/mol. The molecule has 0 N–H and O–H groups in total. The second-order valence-corrected chi connectivity index (χ2v) is 9.12. The Labute approximate surface area is 161 Å². The number of hydrogen-bond donors (Lipinski definition) is 0. The van der Waals surface area contributed by atoms with Crippen LogP contribution in [0.15, 0.2) is 34.7 Å². The van der Waals surface area contributed by atoms with E-state index in [-0.39, 0.29) is 0 Å². The van der Waals surface area contributed by atoms with Gasteiger partial charge in [-0.15, -0.1) is 23.1 Å². The number of likely N-dealkylation sites (tertiary alicyclic amines) is 1. The lowest BCUT2D eigenvalue weighted by Crippen LogP contribution is -2.31. The lowest BCUT2D eigenvalue weighted by atomic mass is 10.1. The van der Waals surface area contributed by atoms with Crippen molar-refractivity contribution in [3.63, 3.8) is 0 Å². The molecule has 0 saturated carbocycles. The van der Waals surface area contributed by atoms with Crippen molar-refractivity contribution >= 4 is 44.9 Å². The second kappa shape index (κ2) is 7.23. The van der Waals surface area contributed by atoms with Crippen LogP contribution in [-0.2, 0) is 0 Å². The minimum absolute atomic E-state index is 0.631. The summed E-state index contributed by atoms with van der Waals surface area (Å²) in [7, 11) is 2.20. The lowest BCUT2D eigenvalue weighted by molar-refractivity contribution is 0.282. The van der Waals surface area contributed by atoms with Crippen molar-refractivity contribution < 1.29 is 0 Å². The summed E-state index contributed by atoms with van der Waals surface area (Å²) in [5.41, 5.74) is 2.39. The minimum atomic E-state index is 0.631. The van der Waals surface area contributed by atoms with Crippen LogP contribution in [0.2, 0.25) is 5.02 Å². The van der Waals surface area contributed by atoms with Gasteiger partial charge in [0, 0.05) is 21.2 Å². The summed E-state index contributed by atoms with van der Waals surface area (Å²) < 4.78 is 0. The highest BCUT2D eigenvalue weighted by atomic mass is 35.5. The monoisotopic (exact) mass is 389 g/mol. The number of thiophene rings is 1. The summed E-state index contributed by atoms with van der Waals surface area (Å²) in [6, 6.07) is 8.04. The number of piperidine rings is 1. The third kappa shape index (κ3) is 3.70. The smallest absolute Gasteiger partial charge is 0.128 e. The predicted molar refractivity (Wildman–Crippen MR) is 109 cm³/mol. The maximum atomic E-state index is 6.05. The highest BCUT2D eigenvalue weighted by Gasteiger charge is 2.22. The molecule has 1 fully saturated rings. The Bertz CT molecular complexity index is 884. The van der Waals surface area contributed by atoms with Gasteiger partial charge in [0.25, 0.3) is 0 Å². The third-order valence-electron chi connectivity index (χ3n) is 4.61. The summed E-state index contributed by atoms with van der Waals surface area (Å²) >= 11 is 9.68. The van der Waals surface area contributed by atoms with Gasteiger partial charge in [0.05, 0.1) is 5.39 Å². The van der Waals surface area contributed by atoms with E-state index in [9.17, 15) is 0 Å². The van der Waals surface area contributed by atoms with Gasteiger partial charge in [-0.05, 0) is 57.6 Å². The Kier molecular flexibility index (Phi) is 5.00. The average molecular weight is 390 g/mol. The Hall–Kier alpha value is -1.14. The Morgan fingerprint density at radius 1 is 1.16 bits per heavy atom. The molecule has 1 aliphatic rings. The number of halogens is 1. The summed E-state index contributed by atoms with van der Waals surface area (Å²) in [6.07, 6.45) is 2.43. The van der Waals surface area contributed by atoms with Crippen molar-refractivity contribution in [2.45, 2.75) is 30.0 Å². The van der Waals surface area contributed by atoms with Crippen LogP contribution < -0.4 is 0 Å². The zero-order valence-corrected chi connectivity index (χ0v) is 16.7. The van der Waals surface area contributed by atoms with Crippen LogP contribution in [0.5, 0.6) is 0 Å². The molecule has 0 aliphatic carbocycles. The first kappa shape index (κ1) is 17.3. The lowest BCUT2D eigenvalue weighted by Gasteiger charge is -2.28. The van der Waals surface area contributed by atoms with Gasteiger partial charge in [-0.2, -0.15) is 0 Å². The van der Waals surface area contributed by atoms with Crippen LogP contribution in [0.4, 0.5) is 0 Å². The standard InChI is InChI=1S/C19H20ClN3S2/c1-12-21-18-17(16(11-24-18)13-3-5-14(20)6-4-13)19(22-12)25-15-7-9-23(2)10-8-15/h3-6,11,15H,7-10H2,1-2H3. The van der Waals surface area contributed by atoms with Gasteiger partial charge in [-0.25, -0.2) is 9.97 Å². The molecule has 0 amide bonds. The number of aromatic nitrogens is 2. The average Bonchev–Trinajstić information content (AvgIpc) is 3.01. The summed E-state index contributed by atoms with van der Waals surface area (Å²) in [4.78, 5) is 13.0. The molecule has 0 atom stereocenters. The van der Waals surface area contributed by atoms with Crippen LogP contribution >= 0.6 is 34.7 Å². The van der Waals surface area contributed by atoms with E-state index in [0.29, 0.717) is 5.25 Å². The molecule has 2 aromatic heterocycles. The van der Waals surface area contributed by atoms with Gasteiger partial charge in [-0.3, -0.25) is 0 Å². The van der Waals surface area contributed by atoms with Crippen molar-refractivity contribution in [1.29, 1.82) is 0 Å². The predicted octanol–water partition coefficient (Wildman–Crippen LogP) is 5.51. The Morgan fingerprint density at radius 3 is 2.60 bits per heavy atom. The van der Waals surface area contributed by atoms with Gasteiger partial charge in [0.1, 0.15) is 15.7 Å². The molecule has 3 nitrogen and oxygen atoms in total. The topological polar surface area (TPSA) is 29.0 Å². The maximum absolute atomic E-state index is 6.05. The number of aryl methyl sites for hydroxylation is 1. The summed E-state index contributed by atoms with van der Waals surface area (Å²) in [5.74, 6) is 0.854. The van der Waals surface area contributed by atoms with Crippen molar-refractivity contribution in [2.24, 2.45) is 0 Å². The first-order chi connectivity index (χ1) is 12.1. The van der Waals surface area contributed by atoms with E-state index in [0.717, 1.165) is 20.7 Å². The summed E-state index contributed by atoms with van der Waals surface area (Å²) in [6.45, 7) is 4.32. The largest absolute Gasteiger partial charge is 0.306 e. The fourth-order valence-electron chi connectivity index (χ4n) is 3.20. The molecule has 0 bridgehead atoms. The molecule has 0 unspecified atom stereocenters. The van der Waals surface area contributed by atoms with E-state index < -0.39 is 0 Å². The fourth-order valence-corrected chi connectivity index (χ4v) is 5.65. The van der Waals surface area contributed by atoms with E-state index in [1.165, 1.54) is 42.4 Å². The molecule has 130 valence electrons. The van der Waals surface area contributed by atoms with Crippen LogP contribution in [0.1, 0.15) is 18.7 Å². The van der Waals surface area contributed by atoms with Crippen molar-refractivity contribution in [3.8, 4) is 11.1 Å². The zero-order chi connectivity index (χ0) is 17.4. The van der Waals surface area contributed by atoms with Gasteiger partial charge >= 0.3 is 0 Å². The second-order valence-electron chi connectivity index (χ2n) is 6.53. The number of thioether (sulfide) groups is 1. The van der Waals surface area contributed by atoms with Gasteiger partial charge in [0.15, 0.2) is 0 Å². The first-order valence-electron chi connectivity index (χ1n) is 8.47. The van der Waals surface area contributed by atoms with E-state index >= 15 is 0 Å². The number of fused-ring (bicyclic) bond motifs is 1. The number of hydrogen-bond acceptors (Lipinski definition) is 5. The molecule has 1 saturated heterocycles. The van der Waals surface area contributed by atoms with Crippen LogP contribution in [0.3, 0.4) is 0 Å². The highest BCUT2D eigenvalue weighted by molar-refractivity contribution is 8.00. The molecule has 1 aromatic carbocycles. The Morgan fingerprint density at radius 2 is 1.88 bits per heavy atom. The van der Waals surface area contributed by atoms with Crippen molar-refractivity contribution in [2.75, 3.05) is 20.1 Å². The zero-order valence-electron chi connectivity index (χ0n) is 14.3. The van der Waals surface area contributed by atoms with E-state index in [4.69, 9.17) is 16.6 Å². The Balaban J connectivity index is 1.74. The molecule has 3 heterocycles. The fraction of sp³-hybridized carbons (Fsp3) is 0.368. The number of rotatable bonds is 3. The molecule has 6 heteroatoms. The SMILES string of the molecule is Cc1nc(SC2CCN(C)CC2)c2c(-c3ccc(Cl)cc3)csc2n1. The van der Waals surface area contributed by atoms with Gasteiger partial charge in [-0.1, -0.05) is 23.7 Å². The third-order valence-corrected chi connectivity index (χ3v) is 7.06. The first-order valence-corrected chi connectivity index (χ1v) is 10.6. The highest BCUT2D eigenvalue weighted by Crippen LogP contribution is 2.41. The summed E-state index contributed by atoms with van der Waals surface area (Å²) in [5, 5.41) is 5.91. The minimum Gasteiger partial charge on any atom is -0.306 e. The van der Waals surface area contributed by atoms with E-state index in [1.54, 1.807) is 11.3 Å². The normalized spacial score (nSPS) is 16.6. The van der Waals surface area contributed by atoms with Gasteiger partial charge in [0.2, 0.25) is 0 Å². The van der Waals surface area contributed by atoms with E-state index in [2.05, 4.69) is 34.4 Å².